The van der Waals surface area contributed by atoms with Crippen molar-refractivity contribution < 1.29 is 9.21 Å². The largest absolute Gasteiger partial charge is 0.441 e. The van der Waals surface area contributed by atoms with E-state index in [9.17, 15) is 4.79 Å². The number of aryl methyl sites for hydroxylation is 3. The van der Waals surface area contributed by atoms with Crippen LogP contribution in [0.3, 0.4) is 0 Å². The number of hydrogen-bond donors (Lipinski definition) is 1. The summed E-state index contributed by atoms with van der Waals surface area (Å²) in [6, 6.07) is 5.98. The summed E-state index contributed by atoms with van der Waals surface area (Å²) in [6.45, 7) is 3.39. The van der Waals surface area contributed by atoms with Crippen molar-refractivity contribution in [2.24, 2.45) is 0 Å². The summed E-state index contributed by atoms with van der Waals surface area (Å²) in [7, 11) is 0. The van der Waals surface area contributed by atoms with E-state index >= 15 is 0 Å². The fourth-order valence-corrected chi connectivity index (χ4v) is 3.37. The van der Waals surface area contributed by atoms with Crippen LogP contribution in [-0.4, -0.2) is 37.6 Å². The molecule has 4 rings (SSSR count). The standard InChI is InChI=1S/C18H22N6O2/c1-12-7-8-14-15(11-12)26-16(20-14)6-4-9-19-18(25)13-5-2-3-10-24-17(13)21-22-23-24/h7-8,11,13H,2-6,9-10H2,1H3,(H,19,25)/t13-/m1/s1. The molecule has 0 fully saturated rings. The molecule has 8 heteroatoms. The first-order chi connectivity index (χ1) is 12.7. The molecule has 1 N–H and O–H groups in total. The van der Waals surface area contributed by atoms with Gasteiger partial charge in [0.05, 0.1) is 5.92 Å². The van der Waals surface area contributed by atoms with E-state index in [0.29, 0.717) is 24.7 Å². The van der Waals surface area contributed by atoms with Crippen LogP contribution >= 0.6 is 0 Å². The quantitative estimate of drug-likeness (QED) is 0.705. The number of fused-ring (bicyclic) bond motifs is 2. The van der Waals surface area contributed by atoms with E-state index in [4.69, 9.17) is 4.42 Å². The number of benzene rings is 1. The average molecular weight is 354 g/mol. The van der Waals surface area contributed by atoms with Gasteiger partial charge in [-0.05, 0) is 54.3 Å². The van der Waals surface area contributed by atoms with Gasteiger partial charge in [0.25, 0.3) is 0 Å². The molecule has 1 amide bonds. The zero-order valence-corrected chi connectivity index (χ0v) is 14.8. The van der Waals surface area contributed by atoms with Crippen LogP contribution in [0.5, 0.6) is 0 Å². The summed E-state index contributed by atoms with van der Waals surface area (Å²) in [6.07, 6.45) is 4.24. The zero-order chi connectivity index (χ0) is 17.9. The van der Waals surface area contributed by atoms with Crippen molar-refractivity contribution in [2.75, 3.05) is 6.54 Å². The second kappa shape index (κ2) is 7.23. The van der Waals surface area contributed by atoms with Crippen molar-refractivity contribution >= 4 is 17.0 Å². The number of nitrogens with zero attached hydrogens (tertiary/aromatic N) is 5. The van der Waals surface area contributed by atoms with Gasteiger partial charge in [0, 0.05) is 19.5 Å². The van der Waals surface area contributed by atoms with Gasteiger partial charge in [-0.1, -0.05) is 12.5 Å². The number of rotatable bonds is 5. The maximum Gasteiger partial charge on any atom is 0.230 e. The molecule has 0 spiro atoms. The van der Waals surface area contributed by atoms with Gasteiger partial charge in [-0.25, -0.2) is 9.67 Å². The van der Waals surface area contributed by atoms with Gasteiger partial charge in [-0.15, -0.1) is 5.10 Å². The first-order valence-electron chi connectivity index (χ1n) is 9.10. The van der Waals surface area contributed by atoms with E-state index in [1.54, 1.807) is 4.68 Å². The third-order valence-corrected chi connectivity index (χ3v) is 4.76. The second-order valence-corrected chi connectivity index (χ2v) is 6.78. The van der Waals surface area contributed by atoms with E-state index < -0.39 is 0 Å². The molecule has 0 bridgehead atoms. The van der Waals surface area contributed by atoms with Crippen molar-refractivity contribution in [2.45, 2.75) is 51.5 Å². The molecule has 3 aromatic rings. The molecule has 0 radical (unpaired) electrons. The van der Waals surface area contributed by atoms with Gasteiger partial charge in [-0.3, -0.25) is 4.79 Å². The molecule has 0 saturated carbocycles. The molecule has 136 valence electrons. The highest BCUT2D eigenvalue weighted by Gasteiger charge is 2.28. The van der Waals surface area contributed by atoms with E-state index in [2.05, 4.69) is 25.8 Å². The minimum Gasteiger partial charge on any atom is -0.441 e. The van der Waals surface area contributed by atoms with Crippen molar-refractivity contribution in [3.05, 3.63) is 35.5 Å². The predicted octanol–water partition coefficient (Wildman–Crippen LogP) is 2.14. The van der Waals surface area contributed by atoms with Crippen LogP contribution < -0.4 is 5.32 Å². The van der Waals surface area contributed by atoms with Crippen LogP contribution in [0.1, 0.15) is 48.9 Å². The average Bonchev–Trinajstić information content (AvgIpc) is 3.20. The molecular formula is C18H22N6O2. The smallest absolute Gasteiger partial charge is 0.230 e. The number of aromatic nitrogens is 5. The van der Waals surface area contributed by atoms with E-state index in [1.165, 1.54) is 0 Å². The van der Waals surface area contributed by atoms with Gasteiger partial charge >= 0.3 is 0 Å². The van der Waals surface area contributed by atoms with Gasteiger partial charge < -0.3 is 9.73 Å². The lowest BCUT2D eigenvalue weighted by Crippen LogP contribution is -2.31. The minimum atomic E-state index is -0.264. The summed E-state index contributed by atoms with van der Waals surface area (Å²) >= 11 is 0. The third kappa shape index (κ3) is 3.44. The molecule has 1 aliphatic heterocycles. The first-order valence-corrected chi connectivity index (χ1v) is 9.10. The molecule has 3 heterocycles. The Morgan fingerprint density at radius 3 is 3.23 bits per heavy atom. The minimum absolute atomic E-state index is 0.00357. The molecule has 8 nitrogen and oxygen atoms in total. The van der Waals surface area contributed by atoms with Crippen molar-refractivity contribution in [1.29, 1.82) is 0 Å². The van der Waals surface area contributed by atoms with Gasteiger partial charge in [0.15, 0.2) is 17.3 Å². The Bertz CT molecular complexity index is 915. The molecule has 0 saturated heterocycles. The topological polar surface area (TPSA) is 98.7 Å². The van der Waals surface area contributed by atoms with Gasteiger partial charge in [-0.2, -0.15) is 0 Å². The number of carbonyl (C=O) groups is 1. The van der Waals surface area contributed by atoms with Crippen LogP contribution in [0.2, 0.25) is 0 Å². The first kappa shape index (κ1) is 16.7. The molecular weight excluding hydrogens is 332 g/mol. The molecule has 0 unspecified atom stereocenters. The monoisotopic (exact) mass is 354 g/mol. The van der Waals surface area contributed by atoms with Crippen molar-refractivity contribution in [1.82, 2.24) is 30.5 Å². The lowest BCUT2D eigenvalue weighted by atomic mass is 10.0. The highest BCUT2D eigenvalue weighted by Crippen LogP contribution is 2.24. The summed E-state index contributed by atoms with van der Waals surface area (Å²) in [5.74, 6) is 1.11. The summed E-state index contributed by atoms with van der Waals surface area (Å²) in [5.41, 5.74) is 2.84. The van der Waals surface area contributed by atoms with Gasteiger partial charge in [0.2, 0.25) is 5.91 Å². The number of carbonyl (C=O) groups excluding carboxylic acids is 1. The third-order valence-electron chi connectivity index (χ3n) is 4.76. The fourth-order valence-electron chi connectivity index (χ4n) is 3.37. The maximum atomic E-state index is 12.5. The van der Waals surface area contributed by atoms with Crippen LogP contribution in [0.15, 0.2) is 22.6 Å². The van der Waals surface area contributed by atoms with Crippen molar-refractivity contribution in [3.63, 3.8) is 0 Å². The lowest BCUT2D eigenvalue weighted by molar-refractivity contribution is -0.122. The molecule has 1 atom stereocenters. The number of nitrogens with one attached hydrogen (secondary N) is 1. The zero-order valence-electron chi connectivity index (χ0n) is 14.8. The summed E-state index contributed by atoms with van der Waals surface area (Å²) in [4.78, 5) is 17.0. The Hall–Kier alpha value is -2.77. The van der Waals surface area contributed by atoms with E-state index in [-0.39, 0.29) is 11.8 Å². The van der Waals surface area contributed by atoms with E-state index in [1.807, 2.05) is 25.1 Å². The Morgan fingerprint density at radius 2 is 2.31 bits per heavy atom. The van der Waals surface area contributed by atoms with Crippen LogP contribution in [-0.2, 0) is 17.8 Å². The molecule has 2 aromatic heterocycles. The highest BCUT2D eigenvalue weighted by molar-refractivity contribution is 5.82. The van der Waals surface area contributed by atoms with Crippen LogP contribution in [0.25, 0.3) is 11.1 Å². The summed E-state index contributed by atoms with van der Waals surface area (Å²) in [5, 5.41) is 14.7. The SMILES string of the molecule is Cc1ccc2nc(CCCNC(=O)[C@@H]3CCCCn4nnnc43)oc2c1. The van der Waals surface area contributed by atoms with Crippen LogP contribution in [0.4, 0.5) is 0 Å². The molecule has 1 aromatic carbocycles. The molecule has 1 aliphatic rings. The predicted molar refractivity (Wildman–Crippen MR) is 94.5 cm³/mol. The number of tetrazole rings is 1. The van der Waals surface area contributed by atoms with Crippen LogP contribution in [0, 0.1) is 6.92 Å². The summed E-state index contributed by atoms with van der Waals surface area (Å²) < 4.78 is 7.52. The lowest BCUT2D eigenvalue weighted by Gasteiger charge is -2.13. The maximum absolute atomic E-state index is 12.5. The number of amides is 1. The van der Waals surface area contributed by atoms with E-state index in [0.717, 1.165) is 48.9 Å². The normalized spacial score (nSPS) is 17.0. The van der Waals surface area contributed by atoms with Gasteiger partial charge in [0.1, 0.15) is 5.52 Å². The second-order valence-electron chi connectivity index (χ2n) is 6.78. The molecule has 26 heavy (non-hydrogen) atoms. The number of hydrogen-bond acceptors (Lipinski definition) is 6. The Morgan fingerprint density at radius 1 is 1.38 bits per heavy atom. The molecule has 0 aliphatic carbocycles. The van der Waals surface area contributed by atoms with Crippen molar-refractivity contribution in [3.8, 4) is 0 Å². The fraction of sp³-hybridized carbons (Fsp3) is 0.500. The Balaban J connectivity index is 1.31. The Kier molecular flexibility index (Phi) is 4.64. The Labute approximate surface area is 151 Å². The number of oxazole rings is 1. The highest BCUT2D eigenvalue weighted by atomic mass is 16.3.